The van der Waals surface area contributed by atoms with Crippen LogP contribution in [0.25, 0.3) is 0 Å². The molecule has 0 spiro atoms. The van der Waals surface area contributed by atoms with Crippen LogP contribution in [0.5, 0.6) is 0 Å². The van der Waals surface area contributed by atoms with Gasteiger partial charge in [-0.25, -0.2) is 0 Å². The van der Waals surface area contributed by atoms with Crippen LogP contribution in [-0.2, 0) is 13.0 Å². The first-order valence-electron chi connectivity index (χ1n) is 6.64. The Kier molecular flexibility index (Phi) is 3.43. The number of fused-ring (bicyclic) bond motifs is 1. The van der Waals surface area contributed by atoms with Crippen LogP contribution >= 0.6 is 0 Å². The van der Waals surface area contributed by atoms with Crippen molar-refractivity contribution in [3.05, 3.63) is 69.5 Å². The van der Waals surface area contributed by atoms with E-state index in [4.69, 9.17) is 0 Å². The summed E-state index contributed by atoms with van der Waals surface area (Å²) in [6.45, 7) is 0.693. The second-order valence-electron chi connectivity index (χ2n) is 4.94. The lowest BCUT2D eigenvalue weighted by Gasteiger charge is -2.12. The minimum Gasteiger partial charge on any atom is -0.304 e. The summed E-state index contributed by atoms with van der Waals surface area (Å²) in [6.07, 6.45) is 3.94. The maximum Gasteiger partial charge on any atom is 0.269 e. The molecule has 0 aliphatic heterocycles. The van der Waals surface area contributed by atoms with Crippen molar-refractivity contribution in [1.82, 2.24) is 10.3 Å². The maximum atomic E-state index is 10.6. The van der Waals surface area contributed by atoms with Crippen LogP contribution in [0, 0.1) is 10.1 Å². The van der Waals surface area contributed by atoms with Gasteiger partial charge in [-0.05, 0) is 30.0 Å². The summed E-state index contributed by atoms with van der Waals surface area (Å²) in [5, 5.41) is 14.1. The number of nitro groups is 1. The molecule has 0 radical (unpaired) electrons. The lowest BCUT2D eigenvalue weighted by Crippen LogP contribution is -2.19. The molecular weight excluding hydrogens is 254 g/mol. The number of nitrogens with one attached hydrogen (secondary N) is 1. The van der Waals surface area contributed by atoms with E-state index in [0.29, 0.717) is 6.54 Å². The first-order valence-corrected chi connectivity index (χ1v) is 6.64. The monoisotopic (exact) mass is 269 g/mol. The molecule has 1 unspecified atom stereocenters. The number of rotatable bonds is 4. The summed E-state index contributed by atoms with van der Waals surface area (Å²) in [6, 6.07) is 11.0. The van der Waals surface area contributed by atoms with Crippen LogP contribution in [-0.4, -0.2) is 9.91 Å². The van der Waals surface area contributed by atoms with Gasteiger partial charge < -0.3 is 5.32 Å². The van der Waals surface area contributed by atoms with Crippen molar-refractivity contribution in [1.29, 1.82) is 0 Å². The summed E-state index contributed by atoms with van der Waals surface area (Å²) in [4.78, 5) is 14.7. The Hall–Kier alpha value is -2.27. The summed E-state index contributed by atoms with van der Waals surface area (Å²) < 4.78 is 0. The van der Waals surface area contributed by atoms with E-state index >= 15 is 0 Å². The Balaban J connectivity index is 1.64. The summed E-state index contributed by atoms with van der Waals surface area (Å²) in [7, 11) is 0. The third-order valence-corrected chi connectivity index (χ3v) is 3.66. The van der Waals surface area contributed by atoms with Crippen molar-refractivity contribution in [2.45, 2.75) is 25.4 Å². The standard InChI is InChI=1S/C15H15N3O2/c19-18(20)13-6-3-11(4-7-13)10-17-14-8-5-12-2-1-9-16-15(12)14/h1-4,6-7,9,14,17H,5,8,10H2. The van der Waals surface area contributed by atoms with E-state index in [0.717, 1.165) is 24.1 Å². The molecule has 5 nitrogen and oxygen atoms in total. The summed E-state index contributed by atoms with van der Waals surface area (Å²) >= 11 is 0. The lowest BCUT2D eigenvalue weighted by atomic mass is 10.1. The van der Waals surface area contributed by atoms with Crippen LogP contribution < -0.4 is 5.32 Å². The van der Waals surface area contributed by atoms with E-state index in [1.807, 2.05) is 12.3 Å². The van der Waals surface area contributed by atoms with E-state index in [1.165, 1.54) is 17.7 Å². The molecule has 0 saturated carbocycles. The van der Waals surface area contributed by atoms with Gasteiger partial charge in [0.1, 0.15) is 0 Å². The Bertz CT molecular complexity index is 625. The molecule has 1 atom stereocenters. The van der Waals surface area contributed by atoms with Crippen LogP contribution in [0.3, 0.4) is 0 Å². The average Bonchev–Trinajstić information content (AvgIpc) is 2.89. The molecule has 1 aliphatic carbocycles. The SMILES string of the molecule is O=[N+]([O-])c1ccc(CNC2CCc3cccnc32)cc1. The van der Waals surface area contributed by atoms with Crippen molar-refractivity contribution in [3.63, 3.8) is 0 Å². The number of hydrogen-bond acceptors (Lipinski definition) is 4. The smallest absolute Gasteiger partial charge is 0.269 e. The molecule has 20 heavy (non-hydrogen) atoms. The van der Waals surface area contributed by atoms with Gasteiger partial charge >= 0.3 is 0 Å². The second kappa shape index (κ2) is 5.38. The maximum absolute atomic E-state index is 10.6. The van der Waals surface area contributed by atoms with Gasteiger partial charge in [0.2, 0.25) is 0 Å². The number of aromatic nitrogens is 1. The fourth-order valence-electron chi connectivity index (χ4n) is 2.59. The molecule has 1 aliphatic rings. The highest BCUT2D eigenvalue weighted by Gasteiger charge is 2.22. The third-order valence-electron chi connectivity index (χ3n) is 3.66. The molecule has 1 heterocycles. The summed E-state index contributed by atoms with van der Waals surface area (Å²) in [5.41, 5.74) is 3.62. The molecule has 1 N–H and O–H groups in total. The van der Waals surface area contributed by atoms with Gasteiger partial charge in [-0.15, -0.1) is 0 Å². The molecular formula is C15H15N3O2. The van der Waals surface area contributed by atoms with E-state index in [1.54, 1.807) is 12.1 Å². The first kappa shape index (κ1) is 12.7. The number of non-ortho nitro benzene ring substituents is 1. The topological polar surface area (TPSA) is 68.1 Å². The van der Waals surface area contributed by atoms with Gasteiger partial charge in [0.05, 0.1) is 16.7 Å². The van der Waals surface area contributed by atoms with Crippen LogP contribution in [0.2, 0.25) is 0 Å². The van der Waals surface area contributed by atoms with Crippen molar-refractivity contribution in [2.24, 2.45) is 0 Å². The average molecular weight is 269 g/mol. The highest BCUT2D eigenvalue weighted by Crippen LogP contribution is 2.29. The fourth-order valence-corrected chi connectivity index (χ4v) is 2.59. The molecule has 5 heteroatoms. The van der Waals surface area contributed by atoms with Gasteiger partial charge in [0.25, 0.3) is 5.69 Å². The molecule has 1 aromatic carbocycles. The van der Waals surface area contributed by atoms with Crippen LogP contribution in [0.1, 0.15) is 29.3 Å². The Labute approximate surface area is 116 Å². The molecule has 0 fully saturated rings. The van der Waals surface area contributed by atoms with E-state index in [2.05, 4.69) is 16.4 Å². The largest absolute Gasteiger partial charge is 0.304 e. The van der Waals surface area contributed by atoms with Crippen molar-refractivity contribution >= 4 is 5.69 Å². The number of nitro benzene ring substituents is 1. The van der Waals surface area contributed by atoms with Gasteiger partial charge in [-0.3, -0.25) is 15.1 Å². The Morgan fingerprint density at radius 2 is 2.10 bits per heavy atom. The molecule has 2 aromatic rings. The predicted octanol–water partition coefficient (Wildman–Crippen LogP) is 2.77. The van der Waals surface area contributed by atoms with E-state index in [9.17, 15) is 10.1 Å². The normalized spacial score (nSPS) is 16.9. The molecule has 0 amide bonds. The molecule has 0 saturated heterocycles. The third kappa shape index (κ3) is 2.53. The van der Waals surface area contributed by atoms with Crippen molar-refractivity contribution < 1.29 is 4.92 Å². The zero-order valence-corrected chi connectivity index (χ0v) is 11.0. The number of hydrogen-bond donors (Lipinski definition) is 1. The molecule has 3 rings (SSSR count). The van der Waals surface area contributed by atoms with Crippen molar-refractivity contribution in [2.75, 3.05) is 0 Å². The number of benzene rings is 1. The highest BCUT2D eigenvalue weighted by molar-refractivity contribution is 5.33. The number of nitrogens with zero attached hydrogens (tertiary/aromatic N) is 2. The van der Waals surface area contributed by atoms with E-state index in [-0.39, 0.29) is 16.7 Å². The van der Waals surface area contributed by atoms with Crippen LogP contribution in [0.4, 0.5) is 5.69 Å². The number of aryl methyl sites for hydroxylation is 1. The van der Waals surface area contributed by atoms with Gasteiger partial charge in [-0.2, -0.15) is 0 Å². The first-order chi connectivity index (χ1) is 9.74. The van der Waals surface area contributed by atoms with Gasteiger partial charge in [0, 0.05) is 24.9 Å². The Morgan fingerprint density at radius 1 is 1.30 bits per heavy atom. The van der Waals surface area contributed by atoms with Gasteiger partial charge in [-0.1, -0.05) is 18.2 Å². The van der Waals surface area contributed by atoms with Crippen molar-refractivity contribution in [3.8, 4) is 0 Å². The molecule has 0 bridgehead atoms. The lowest BCUT2D eigenvalue weighted by molar-refractivity contribution is -0.384. The van der Waals surface area contributed by atoms with Gasteiger partial charge in [0.15, 0.2) is 0 Å². The predicted molar refractivity (Wildman–Crippen MR) is 75.2 cm³/mol. The van der Waals surface area contributed by atoms with Crippen LogP contribution in [0.15, 0.2) is 42.6 Å². The zero-order chi connectivity index (χ0) is 13.9. The van der Waals surface area contributed by atoms with E-state index < -0.39 is 0 Å². The summed E-state index contributed by atoms with van der Waals surface area (Å²) in [5.74, 6) is 0. The highest BCUT2D eigenvalue weighted by atomic mass is 16.6. The molecule has 102 valence electrons. The quantitative estimate of drug-likeness (QED) is 0.684. The minimum absolute atomic E-state index is 0.127. The minimum atomic E-state index is -0.381. The second-order valence-corrected chi connectivity index (χ2v) is 4.94. The Morgan fingerprint density at radius 3 is 2.85 bits per heavy atom. The molecule has 1 aromatic heterocycles. The number of pyridine rings is 1. The zero-order valence-electron chi connectivity index (χ0n) is 11.0. The fraction of sp³-hybridized carbons (Fsp3) is 0.267.